The number of hydrogen-bond donors (Lipinski definition) is 1. The molecule has 0 aromatic heterocycles. The van der Waals surface area contributed by atoms with Crippen molar-refractivity contribution in [2.75, 3.05) is 19.0 Å². The van der Waals surface area contributed by atoms with E-state index in [1.54, 1.807) is 0 Å². The highest BCUT2D eigenvalue weighted by Crippen LogP contribution is 2.27. The molecule has 2 heteroatoms. The van der Waals surface area contributed by atoms with Crippen molar-refractivity contribution in [2.24, 2.45) is 5.92 Å². The second kappa shape index (κ2) is 5.75. The first-order chi connectivity index (χ1) is 8.58. The Kier molecular flexibility index (Phi) is 4.28. The Balaban J connectivity index is 1.98. The smallest absolute Gasteiger partial charge is 0.0361 e. The molecule has 0 bridgehead atoms. The lowest BCUT2D eigenvalue weighted by Gasteiger charge is -2.23. The van der Waals surface area contributed by atoms with Crippen LogP contribution in [-0.4, -0.2) is 20.1 Å². The molecule has 100 valence electrons. The molecule has 1 aliphatic rings. The zero-order valence-electron chi connectivity index (χ0n) is 12.1. The van der Waals surface area contributed by atoms with Gasteiger partial charge in [0.1, 0.15) is 0 Å². The molecule has 0 heterocycles. The van der Waals surface area contributed by atoms with Crippen molar-refractivity contribution in [1.82, 2.24) is 5.32 Å². The van der Waals surface area contributed by atoms with Gasteiger partial charge in [-0.3, -0.25) is 0 Å². The predicted octanol–water partition coefficient (Wildman–Crippen LogP) is 3.59. The van der Waals surface area contributed by atoms with Crippen molar-refractivity contribution in [3.8, 4) is 0 Å². The third-order valence-corrected chi connectivity index (χ3v) is 4.24. The Hall–Kier alpha value is -1.02. The summed E-state index contributed by atoms with van der Waals surface area (Å²) in [6, 6.07) is 10.0. The number of nitrogens with zero attached hydrogens (tertiary/aromatic N) is 1. The van der Waals surface area contributed by atoms with E-state index in [1.165, 1.54) is 30.5 Å². The molecule has 2 nitrogen and oxygen atoms in total. The topological polar surface area (TPSA) is 15.3 Å². The number of hydrogen-bond acceptors (Lipinski definition) is 2. The molecule has 0 aliphatic heterocycles. The van der Waals surface area contributed by atoms with Gasteiger partial charge in [0.05, 0.1) is 0 Å². The van der Waals surface area contributed by atoms with Gasteiger partial charge in [-0.25, -0.2) is 0 Å². The Labute approximate surface area is 111 Å². The minimum atomic E-state index is 0.451. The molecule has 1 fully saturated rings. The molecule has 1 N–H and O–H groups in total. The van der Waals surface area contributed by atoms with E-state index in [2.05, 4.69) is 62.4 Å². The Morgan fingerprint density at radius 2 is 1.83 bits per heavy atom. The van der Waals surface area contributed by atoms with Gasteiger partial charge >= 0.3 is 0 Å². The van der Waals surface area contributed by atoms with E-state index in [-0.39, 0.29) is 0 Å². The molecule has 1 aliphatic carbocycles. The van der Waals surface area contributed by atoms with Crippen LogP contribution < -0.4 is 10.2 Å². The lowest BCUT2D eigenvalue weighted by molar-refractivity contribution is 0.388. The highest BCUT2D eigenvalue weighted by atomic mass is 15.1. The van der Waals surface area contributed by atoms with E-state index in [4.69, 9.17) is 0 Å². The standard InChI is InChI=1S/C16H26N2/c1-12-6-5-7-16(12)17-13(2)14-8-10-15(11-9-14)18(3)4/h8-13,16-17H,5-7H2,1-4H3. The van der Waals surface area contributed by atoms with Gasteiger partial charge in [0, 0.05) is 31.9 Å². The molecule has 0 saturated heterocycles. The van der Waals surface area contributed by atoms with Crippen LogP contribution in [-0.2, 0) is 0 Å². The normalized spacial score (nSPS) is 25.1. The summed E-state index contributed by atoms with van der Waals surface area (Å²) in [7, 11) is 4.16. The van der Waals surface area contributed by atoms with Gasteiger partial charge in [0.2, 0.25) is 0 Å². The van der Waals surface area contributed by atoms with Crippen molar-refractivity contribution < 1.29 is 0 Å². The highest BCUT2D eigenvalue weighted by Gasteiger charge is 2.24. The van der Waals surface area contributed by atoms with Crippen LogP contribution in [0.25, 0.3) is 0 Å². The Morgan fingerprint density at radius 1 is 1.17 bits per heavy atom. The first kappa shape index (κ1) is 13.4. The van der Waals surface area contributed by atoms with Gasteiger partial charge in [-0.1, -0.05) is 25.5 Å². The lowest BCUT2D eigenvalue weighted by atomic mass is 10.0. The van der Waals surface area contributed by atoms with E-state index >= 15 is 0 Å². The van der Waals surface area contributed by atoms with E-state index in [9.17, 15) is 0 Å². The fourth-order valence-electron chi connectivity index (χ4n) is 2.87. The molecule has 18 heavy (non-hydrogen) atoms. The van der Waals surface area contributed by atoms with E-state index in [0.29, 0.717) is 12.1 Å². The third kappa shape index (κ3) is 3.05. The van der Waals surface area contributed by atoms with Crippen LogP contribution in [0.15, 0.2) is 24.3 Å². The average Bonchev–Trinajstić information content (AvgIpc) is 2.75. The zero-order valence-corrected chi connectivity index (χ0v) is 12.1. The summed E-state index contributed by atoms with van der Waals surface area (Å²) in [5, 5.41) is 3.78. The second-order valence-corrected chi connectivity index (χ2v) is 5.89. The van der Waals surface area contributed by atoms with Crippen LogP contribution in [0.2, 0.25) is 0 Å². The van der Waals surface area contributed by atoms with Crippen molar-refractivity contribution in [2.45, 2.75) is 45.2 Å². The summed E-state index contributed by atoms with van der Waals surface area (Å²) >= 11 is 0. The molecular formula is C16H26N2. The predicted molar refractivity (Wildman–Crippen MR) is 79.1 cm³/mol. The molecule has 1 aromatic carbocycles. The van der Waals surface area contributed by atoms with Crippen LogP contribution in [0.5, 0.6) is 0 Å². The monoisotopic (exact) mass is 246 g/mol. The van der Waals surface area contributed by atoms with Crippen molar-refractivity contribution in [3.05, 3.63) is 29.8 Å². The van der Waals surface area contributed by atoms with Gasteiger partial charge < -0.3 is 10.2 Å². The third-order valence-electron chi connectivity index (χ3n) is 4.24. The van der Waals surface area contributed by atoms with Gasteiger partial charge in [-0.05, 0) is 43.4 Å². The van der Waals surface area contributed by atoms with Crippen molar-refractivity contribution >= 4 is 5.69 Å². The van der Waals surface area contributed by atoms with Crippen LogP contribution >= 0.6 is 0 Å². The quantitative estimate of drug-likeness (QED) is 0.873. The van der Waals surface area contributed by atoms with E-state index < -0.39 is 0 Å². The summed E-state index contributed by atoms with van der Waals surface area (Å²) < 4.78 is 0. The number of anilines is 1. The maximum absolute atomic E-state index is 3.78. The minimum Gasteiger partial charge on any atom is -0.378 e. The summed E-state index contributed by atoms with van der Waals surface area (Å²) in [5.41, 5.74) is 2.65. The van der Waals surface area contributed by atoms with Crippen LogP contribution in [0, 0.1) is 5.92 Å². The summed E-state index contributed by atoms with van der Waals surface area (Å²) in [6.07, 6.45) is 4.09. The van der Waals surface area contributed by atoms with Gasteiger partial charge in [-0.15, -0.1) is 0 Å². The maximum Gasteiger partial charge on any atom is 0.0361 e. The van der Waals surface area contributed by atoms with E-state index in [1.807, 2.05) is 0 Å². The zero-order chi connectivity index (χ0) is 13.1. The fraction of sp³-hybridized carbons (Fsp3) is 0.625. The molecule has 0 spiro atoms. The summed E-state index contributed by atoms with van der Waals surface area (Å²) in [4.78, 5) is 2.14. The van der Waals surface area contributed by atoms with Gasteiger partial charge in [0.25, 0.3) is 0 Å². The average molecular weight is 246 g/mol. The second-order valence-electron chi connectivity index (χ2n) is 5.89. The first-order valence-corrected chi connectivity index (χ1v) is 7.11. The summed E-state index contributed by atoms with van der Waals surface area (Å²) in [5.74, 6) is 0.827. The molecule has 1 saturated carbocycles. The van der Waals surface area contributed by atoms with Crippen molar-refractivity contribution in [3.63, 3.8) is 0 Å². The molecule has 3 unspecified atom stereocenters. The summed E-state index contributed by atoms with van der Waals surface area (Å²) in [6.45, 7) is 4.64. The minimum absolute atomic E-state index is 0.451. The largest absolute Gasteiger partial charge is 0.378 e. The molecule has 1 aromatic rings. The molecular weight excluding hydrogens is 220 g/mol. The Bertz CT molecular complexity index is 369. The number of nitrogens with one attached hydrogen (secondary N) is 1. The lowest BCUT2D eigenvalue weighted by Crippen LogP contribution is -2.33. The number of rotatable bonds is 4. The van der Waals surface area contributed by atoms with Crippen LogP contribution in [0.1, 0.15) is 44.7 Å². The SMILES string of the molecule is CC(NC1CCCC1C)c1ccc(N(C)C)cc1. The molecule has 0 radical (unpaired) electrons. The van der Waals surface area contributed by atoms with Crippen LogP contribution in [0.4, 0.5) is 5.69 Å². The fourth-order valence-corrected chi connectivity index (χ4v) is 2.87. The highest BCUT2D eigenvalue weighted by molar-refractivity contribution is 5.46. The van der Waals surface area contributed by atoms with Gasteiger partial charge in [0.15, 0.2) is 0 Å². The first-order valence-electron chi connectivity index (χ1n) is 7.11. The maximum atomic E-state index is 3.78. The molecule has 0 amide bonds. The van der Waals surface area contributed by atoms with Crippen molar-refractivity contribution in [1.29, 1.82) is 0 Å². The van der Waals surface area contributed by atoms with Gasteiger partial charge in [-0.2, -0.15) is 0 Å². The number of benzene rings is 1. The Morgan fingerprint density at radius 3 is 2.33 bits per heavy atom. The molecule has 3 atom stereocenters. The van der Waals surface area contributed by atoms with E-state index in [0.717, 1.165) is 5.92 Å². The van der Waals surface area contributed by atoms with Crippen LogP contribution in [0.3, 0.4) is 0 Å². The molecule has 2 rings (SSSR count).